The Morgan fingerprint density at radius 2 is 1.88 bits per heavy atom. The minimum atomic E-state index is -3.49. The van der Waals surface area contributed by atoms with Crippen LogP contribution in [0.15, 0.2) is 71.9 Å². The molecule has 2 aromatic heterocycles. The summed E-state index contributed by atoms with van der Waals surface area (Å²) in [5, 5.41) is 5.27. The number of nitrogens with zero attached hydrogens (tertiary/aromatic N) is 4. The molecular formula is C22H21ClN4O3S2. The molecule has 32 heavy (non-hydrogen) atoms. The van der Waals surface area contributed by atoms with E-state index in [0.717, 1.165) is 10.2 Å². The Hall–Kier alpha value is -2.75. The van der Waals surface area contributed by atoms with Gasteiger partial charge in [-0.15, -0.1) is 0 Å². The Balaban J connectivity index is 1.46. The minimum Gasteiger partial charge on any atom is -0.286 e. The highest BCUT2D eigenvalue weighted by Crippen LogP contribution is 2.29. The van der Waals surface area contributed by atoms with E-state index in [0.29, 0.717) is 23.2 Å². The summed E-state index contributed by atoms with van der Waals surface area (Å²) in [6.45, 7) is 0.905. The number of hydrogen-bond acceptors (Lipinski definition) is 6. The summed E-state index contributed by atoms with van der Waals surface area (Å²) in [6, 6.07) is 15.6. The number of carbonyl (C=O) groups is 1. The first-order valence-electron chi connectivity index (χ1n) is 10.0. The molecule has 0 radical (unpaired) electrons. The third-order valence-electron chi connectivity index (χ3n) is 4.90. The van der Waals surface area contributed by atoms with Gasteiger partial charge in [0.2, 0.25) is 5.91 Å². The first kappa shape index (κ1) is 22.4. The largest absolute Gasteiger partial charge is 0.286 e. The van der Waals surface area contributed by atoms with Crippen LogP contribution in [0.3, 0.4) is 0 Å². The molecular weight excluding hydrogens is 468 g/mol. The molecule has 0 saturated carbocycles. The van der Waals surface area contributed by atoms with Gasteiger partial charge in [-0.2, -0.15) is 5.10 Å². The predicted octanol–water partition coefficient (Wildman–Crippen LogP) is 4.43. The molecule has 0 bridgehead atoms. The van der Waals surface area contributed by atoms with Crippen LogP contribution >= 0.6 is 22.9 Å². The van der Waals surface area contributed by atoms with Crippen molar-refractivity contribution in [2.45, 2.75) is 24.3 Å². The van der Waals surface area contributed by atoms with Crippen LogP contribution in [-0.2, 0) is 21.2 Å². The van der Waals surface area contributed by atoms with Gasteiger partial charge in [-0.3, -0.25) is 14.4 Å². The van der Waals surface area contributed by atoms with E-state index in [-0.39, 0.29) is 29.4 Å². The molecule has 0 N–H and O–H groups in total. The lowest BCUT2D eigenvalue weighted by Gasteiger charge is -2.20. The number of hydrogen-bond donors (Lipinski definition) is 0. The normalized spacial score (nSPS) is 11.7. The maximum absolute atomic E-state index is 13.1. The van der Waals surface area contributed by atoms with Crippen molar-refractivity contribution >= 4 is 54.0 Å². The summed E-state index contributed by atoms with van der Waals surface area (Å²) in [5.41, 5.74) is 0.828. The van der Waals surface area contributed by atoms with E-state index in [9.17, 15) is 13.2 Å². The third-order valence-corrected chi connectivity index (χ3v) is 8.03. The van der Waals surface area contributed by atoms with Gasteiger partial charge in [-0.05, 0) is 48.9 Å². The Kier molecular flexibility index (Phi) is 6.88. The molecule has 166 valence electrons. The zero-order chi connectivity index (χ0) is 22.6. The number of rotatable bonds is 9. The fourth-order valence-corrected chi connectivity index (χ4v) is 5.69. The number of anilines is 1. The van der Waals surface area contributed by atoms with Crippen molar-refractivity contribution in [3.8, 4) is 0 Å². The van der Waals surface area contributed by atoms with Gasteiger partial charge in [0.05, 0.1) is 27.4 Å². The van der Waals surface area contributed by atoms with Crippen molar-refractivity contribution in [3.05, 3.63) is 72.0 Å². The molecule has 0 fully saturated rings. The summed E-state index contributed by atoms with van der Waals surface area (Å²) >= 11 is 7.28. The van der Waals surface area contributed by atoms with E-state index < -0.39 is 9.84 Å². The molecule has 0 spiro atoms. The summed E-state index contributed by atoms with van der Waals surface area (Å²) in [4.78, 5) is 19.5. The van der Waals surface area contributed by atoms with E-state index in [4.69, 9.17) is 11.6 Å². The van der Waals surface area contributed by atoms with Gasteiger partial charge in [0.1, 0.15) is 0 Å². The topological polar surface area (TPSA) is 85.2 Å². The molecule has 10 heteroatoms. The molecule has 2 heterocycles. The van der Waals surface area contributed by atoms with Crippen molar-refractivity contribution in [2.75, 3.05) is 17.2 Å². The molecule has 0 aliphatic rings. The maximum Gasteiger partial charge on any atom is 0.228 e. The summed E-state index contributed by atoms with van der Waals surface area (Å²) in [6.07, 6.45) is 3.83. The number of benzene rings is 2. The van der Waals surface area contributed by atoms with E-state index >= 15 is 0 Å². The van der Waals surface area contributed by atoms with Gasteiger partial charge in [0, 0.05) is 30.4 Å². The molecule has 0 aliphatic heterocycles. The zero-order valence-corrected chi connectivity index (χ0v) is 19.5. The van der Waals surface area contributed by atoms with Crippen molar-refractivity contribution < 1.29 is 13.2 Å². The standard InChI is InChI=1S/C22H21ClN4O3S2/c23-17-8-10-18(11-9-17)32(29,30)16-3-7-21(28)27(15-14-26-13-4-12-24-26)22-25-19-5-1-2-6-20(19)31-22/h1-2,4-6,8-13H,3,7,14-16H2. The van der Waals surface area contributed by atoms with Gasteiger partial charge in [-0.25, -0.2) is 13.4 Å². The highest BCUT2D eigenvalue weighted by atomic mass is 35.5. The van der Waals surface area contributed by atoms with Crippen molar-refractivity contribution in [2.24, 2.45) is 0 Å². The highest BCUT2D eigenvalue weighted by molar-refractivity contribution is 7.91. The fraction of sp³-hybridized carbons (Fsp3) is 0.227. The average Bonchev–Trinajstić information content (AvgIpc) is 3.44. The monoisotopic (exact) mass is 488 g/mol. The second kappa shape index (κ2) is 9.81. The van der Waals surface area contributed by atoms with E-state index in [1.54, 1.807) is 27.9 Å². The predicted molar refractivity (Wildman–Crippen MR) is 127 cm³/mol. The van der Waals surface area contributed by atoms with Crippen LogP contribution in [0, 0.1) is 0 Å². The third kappa shape index (κ3) is 5.35. The Morgan fingerprint density at radius 3 is 2.59 bits per heavy atom. The molecule has 0 atom stereocenters. The van der Waals surface area contributed by atoms with Crippen molar-refractivity contribution in [1.29, 1.82) is 0 Å². The quantitative estimate of drug-likeness (QED) is 0.348. The number of para-hydroxylation sites is 1. The first-order chi connectivity index (χ1) is 15.4. The highest BCUT2D eigenvalue weighted by Gasteiger charge is 2.21. The van der Waals surface area contributed by atoms with Gasteiger partial charge < -0.3 is 0 Å². The lowest BCUT2D eigenvalue weighted by molar-refractivity contribution is -0.118. The molecule has 1 amide bonds. The molecule has 4 aromatic rings. The fourth-order valence-electron chi connectivity index (χ4n) is 3.25. The van der Waals surface area contributed by atoms with Crippen molar-refractivity contribution in [1.82, 2.24) is 14.8 Å². The maximum atomic E-state index is 13.1. The van der Waals surface area contributed by atoms with Gasteiger partial charge in [0.15, 0.2) is 15.0 Å². The minimum absolute atomic E-state index is 0.0991. The van der Waals surface area contributed by atoms with Gasteiger partial charge >= 0.3 is 0 Å². The number of aromatic nitrogens is 3. The van der Waals surface area contributed by atoms with Crippen LogP contribution in [0.1, 0.15) is 12.8 Å². The second-order valence-electron chi connectivity index (χ2n) is 7.16. The van der Waals surface area contributed by atoms with Crippen LogP contribution in [0.5, 0.6) is 0 Å². The lowest BCUT2D eigenvalue weighted by Crippen LogP contribution is -2.34. The first-order valence-corrected chi connectivity index (χ1v) is 12.9. The van der Waals surface area contributed by atoms with E-state index in [1.807, 2.05) is 36.5 Å². The Morgan fingerprint density at radius 1 is 1.09 bits per heavy atom. The van der Waals surface area contributed by atoms with Crippen LogP contribution in [0.2, 0.25) is 5.02 Å². The van der Waals surface area contributed by atoms with Crippen LogP contribution in [0.25, 0.3) is 10.2 Å². The summed E-state index contributed by atoms with van der Waals surface area (Å²) in [5.74, 6) is -0.282. The van der Waals surface area contributed by atoms with Gasteiger partial charge in [0.25, 0.3) is 0 Å². The molecule has 7 nitrogen and oxygen atoms in total. The number of thiazole rings is 1. The Labute approximate surface area is 195 Å². The number of sulfone groups is 1. The summed E-state index contributed by atoms with van der Waals surface area (Å²) < 4.78 is 27.9. The number of amides is 1. The molecule has 4 rings (SSSR count). The Bertz CT molecular complexity index is 1270. The zero-order valence-electron chi connectivity index (χ0n) is 17.1. The summed E-state index contributed by atoms with van der Waals surface area (Å²) in [7, 11) is -3.49. The SMILES string of the molecule is O=C(CCCS(=O)(=O)c1ccc(Cl)cc1)N(CCn1cccn1)c1nc2ccccc2s1. The van der Waals surface area contributed by atoms with Gasteiger partial charge in [-0.1, -0.05) is 35.1 Å². The second-order valence-corrected chi connectivity index (χ2v) is 10.7. The molecule has 0 saturated heterocycles. The van der Waals surface area contributed by atoms with E-state index in [2.05, 4.69) is 10.1 Å². The smallest absolute Gasteiger partial charge is 0.228 e. The number of halogens is 1. The van der Waals surface area contributed by atoms with Crippen molar-refractivity contribution in [3.63, 3.8) is 0 Å². The van der Waals surface area contributed by atoms with Crippen LogP contribution < -0.4 is 4.90 Å². The number of carbonyl (C=O) groups excluding carboxylic acids is 1. The molecule has 0 unspecified atom stereocenters. The van der Waals surface area contributed by atoms with Crippen LogP contribution in [-0.4, -0.2) is 41.4 Å². The van der Waals surface area contributed by atoms with Crippen LogP contribution in [0.4, 0.5) is 5.13 Å². The molecule has 0 aliphatic carbocycles. The lowest BCUT2D eigenvalue weighted by atomic mass is 10.3. The average molecular weight is 489 g/mol. The molecule has 2 aromatic carbocycles. The number of fused-ring (bicyclic) bond motifs is 1. The van der Waals surface area contributed by atoms with E-state index in [1.165, 1.54) is 23.5 Å².